The van der Waals surface area contributed by atoms with Crippen LogP contribution in [0.5, 0.6) is 0 Å². The number of rotatable bonds is 2. The van der Waals surface area contributed by atoms with E-state index in [4.69, 9.17) is 22.1 Å². The number of nitrogens with two attached hydrogens (primary N) is 1. The molecular weight excluding hydrogens is 354 g/mol. The third kappa shape index (κ3) is 2.87. The van der Waals surface area contributed by atoms with Crippen molar-refractivity contribution in [3.05, 3.63) is 52.9 Å². The van der Waals surface area contributed by atoms with Crippen molar-refractivity contribution in [2.24, 2.45) is 5.73 Å². The fourth-order valence-corrected chi connectivity index (χ4v) is 3.61. The summed E-state index contributed by atoms with van der Waals surface area (Å²) < 4.78 is 5.38. The van der Waals surface area contributed by atoms with Crippen LogP contribution < -0.4 is 16.0 Å². The Labute approximate surface area is 155 Å². The molecule has 4 rings (SSSR count). The molecule has 1 amide bonds. The first kappa shape index (κ1) is 16.8. The van der Waals surface area contributed by atoms with Gasteiger partial charge in [0.15, 0.2) is 5.88 Å². The summed E-state index contributed by atoms with van der Waals surface area (Å²) in [4.78, 5) is 14.3. The highest BCUT2D eigenvalue weighted by molar-refractivity contribution is 6.36. The molecule has 2 aromatic rings. The average Bonchev–Trinajstić information content (AvgIpc) is 2.96. The van der Waals surface area contributed by atoms with Crippen LogP contribution in [-0.4, -0.2) is 37.3 Å². The number of carbonyl (C=O) groups is 1. The Morgan fingerprint density at radius 2 is 1.85 bits per heavy atom. The third-order valence-corrected chi connectivity index (χ3v) is 4.98. The second kappa shape index (κ2) is 6.55. The van der Waals surface area contributed by atoms with Gasteiger partial charge in [-0.15, -0.1) is 0 Å². The quantitative estimate of drug-likeness (QED) is 0.558. The van der Waals surface area contributed by atoms with Crippen LogP contribution in [0, 0.1) is 0 Å². The zero-order chi connectivity index (χ0) is 18.3. The Bertz CT molecular complexity index is 899. The second-order valence-electron chi connectivity index (χ2n) is 6.24. The van der Waals surface area contributed by atoms with Crippen molar-refractivity contribution in [2.45, 2.75) is 0 Å². The SMILES string of the molecule is N/C(O)=C1\C(=O)Nc2cc(Cl)c(-c3ccc(N4CCOCC4)cc3)cc21. The predicted molar refractivity (Wildman–Crippen MR) is 102 cm³/mol. The molecule has 1 fully saturated rings. The zero-order valence-corrected chi connectivity index (χ0v) is 14.7. The third-order valence-electron chi connectivity index (χ3n) is 4.66. The van der Waals surface area contributed by atoms with Gasteiger partial charge in [-0.25, -0.2) is 0 Å². The molecule has 4 N–H and O–H groups in total. The maximum Gasteiger partial charge on any atom is 0.261 e. The number of fused-ring (bicyclic) bond motifs is 1. The molecule has 0 radical (unpaired) electrons. The first-order valence-corrected chi connectivity index (χ1v) is 8.69. The Hall–Kier alpha value is -2.70. The zero-order valence-electron chi connectivity index (χ0n) is 14.0. The van der Waals surface area contributed by atoms with E-state index in [9.17, 15) is 9.90 Å². The molecule has 2 aliphatic heterocycles. The first-order valence-electron chi connectivity index (χ1n) is 8.31. The molecule has 2 aliphatic rings. The lowest BCUT2D eigenvalue weighted by Crippen LogP contribution is -2.36. The van der Waals surface area contributed by atoms with E-state index in [-0.39, 0.29) is 5.57 Å². The van der Waals surface area contributed by atoms with E-state index in [0.29, 0.717) is 16.3 Å². The van der Waals surface area contributed by atoms with Gasteiger partial charge in [-0.05, 0) is 29.8 Å². The molecule has 1 saturated heterocycles. The number of anilines is 2. The van der Waals surface area contributed by atoms with Crippen LogP contribution in [0.15, 0.2) is 42.3 Å². The fourth-order valence-electron chi connectivity index (χ4n) is 3.34. The number of amides is 1. The molecule has 134 valence electrons. The molecule has 0 aliphatic carbocycles. The topological polar surface area (TPSA) is 87.8 Å². The largest absolute Gasteiger partial charge is 0.494 e. The number of aliphatic hydroxyl groups excluding tert-OH is 1. The van der Waals surface area contributed by atoms with Gasteiger partial charge in [-0.2, -0.15) is 0 Å². The van der Waals surface area contributed by atoms with Gasteiger partial charge in [0.25, 0.3) is 5.91 Å². The van der Waals surface area contributed by atoms with E-state index in [1.54, 1.807) is 12.1 Å². The second-order valence-corrected chi connectivity index (χ2v) is 6.65. The lowest BCUT2D eigenvalue weighted by molar-refractivity contribution is -0.110. The predicted octanol–water partition coefficient (Wildman–Crippen LogP) is 2.98. The van der Waals surface area contributed by atoms with Crippen molar-refractivity contribution in [3.8, 4) is 11.1 Å². The van der Waals surface area contributed by atoms with E-state index in [2.05, 4.69) is 10.2 Å². The van der Waals surface area contributed by atoms with E-state index in [0.717, 1.165) is 43.1 Å². The van der Waals surface area contributed by atoms with Gasteiger partial charge in [0.1, 0.15) is 5.57 Å². The fraction of sp³-hybridized carbons (Fsp3) is 0.211. The summed E-state index contributed by atoms with van der Waals surface area (Å²) in [5.74, 6) is -0.937. The van der Waals surface area contributed by atoms with Crippen LogP contribution in [0.3, 0.4) is 0 Å². The maximum atomic E-state index is 12.0. The standard InChI is InChI=1S/C19H18ClN3O3/c20-15-10-16-14(17(18(21)24)19(25)22-16)9-13(15)11-1-3-12(4-2-11)23-5-7-26-8-6-23/h1-4,9-10,24H,5-8,21H2,(H,22,25)/b18-17+. The number of hydrogen-bond donors (Lipinski definition) is 3. The Kier molecular flexibility index (Phi) is 4.22. The minimum absolute atomic E-state index is 0.0721. The molecule has 26 heavy (non-hydrogen) atoms. The highest BCUT2D eigenvalue weighted by atomic mass is 35.5. The van der Waals surface area contributed by atoms with Gasteiger partial charge in [0.2, 0.25) is 0 Å². The molecule has 0 atom stereocenters. The van der Waals surface area contributed by atoms with Gasteiger partial charge in [-0.3, -0.25) is 4.79 Å². The smallest absolute Gasteiger partial charge is 0.261 e. The van der Waals surface area contributed by atoms with Crippen LogP contribution in [0.4, 0.5) is 11.4 Å². The van der Waals surface area contributed by atoms with Crippen LogP contribution in [-0.2, 0) is 9.53 Å². The van der Waals surface area contributed by atoms with Crippen LogP contribution in [0.25, 0.3) is 16.7 Å². The number of hydrogen-bond acceptors (Lipinski definition) is 5. The van der Waals surface area contributed by atoms with Crippen molar-refractivity contribution in [3.63, 3.8) is 0 Å². The number of aliphatic hydroxyl groups is 1. The van der Waals surface area contributed by atoms with Gasteiger partial charge in [0, 0.05) is 29.9 Å². The van der Waals surface area contributed by atoms with Gasteiger partial charge in [0.05, 0.1) is 23.9 Å². The van der Waals surface area contributed by atoms with E-state index < -0.39 is 11.8 Å². The summed E-state index contributed by atoms with van der Waals surface area (Å²) in [6.07, 6.45) is 0. The Morgan fingerprint density at radius 3 is 2.50 bits per heavy atom. The average molecular weight is 372 g/mol. The van der Waals surface area contributed by atoms with Crippen LogP contribution in [0.1, 0.15) is 5.56 Å². The monoisotopic (exact) mass is 371 g/mol. The first-order chi connectivity index (χ1) is 12.5. The number of carbonyl (C=O) groups excluding carboxylic acids is 1. The molecule has 0 spiro atoms. The van der Waals surface area contributed by atoms with Crippen LogP contribution >= 0.6 is 11.6 Å². The van der Waals surface area contributed by atoms with Gasteiger partial charge in [-0.1, -0.05) is 23.7 Å². The summed E-state index contributed by atoms with van der Waals surface area (Å²) in [5.41, 5.74) is 9.44. The highest BCUT2D eigenvalue weighted by Crippen LogP contribution is 2.40. The minimum Gasteiger partial charge on any atom is -0.494 e. The van der Waals surface area contributed by atoms with Crippen molar-refractivity contribution in [1.82, 2.24) is 0 Å². The number of nitrogens with zero attached hydrogens (tertiary/aromatic N) is 1. The van der Waals surface area contributed by atoms with Crippen molar-refractivity contribution in [2.75, 3.05) is 36.5 Å². The number of ether oxygens (including phenoxy) is 1. The normalized spacial score (nSPS) is 18.5. The Morgan fingerprint density at radius 1 is 1.15 bits per heavy atom. The van der Waals surface area contributed by atoms with E-state index in [1.165, 1.54) is 0 Å². The summed E-state index contributed by atoms with van der Waals surface area (Å²) >= 11 is 6.42. The summed E-state index contributed by atoms with van der Waals surface area (Å²) in [6.45, 7) is 3.21. The summed E-state index contributed by atoms with van der Waals surface area (Å²) in [7, 11) is 0. The number of benzene rings is 2. The van der Waals surface area contributed by atoms with E-state index in [1.807, 2.05) is 24.3 Å². The van der Waals surface area contributed by atoms with E-state index >= 15 is 0 Å². The molecule has 0 unspecified atom stereocenters. The highest BCUT2D eigenvalue weighted by Gasteiger charge is 2.28. The van der Waals surface area contributed by atoms with Gasteiger partial charge >= 0.3 is 0 Å². The molecule has 2 aromatic carbocycles. The molecule has 0 aromatic heterocycles. The lowest BCUT2D eigenvalue weighted by atomic mass is 9.99. The number of morpholine rings is 1. The minimum atomic E-state index is -0.503. The lowest BCUT2D eigenvalue weighted by Gasteiger charge is -2.29. The van der Waals surface area contributed by atoms with Crippen molar-refractivity contribution in [1.29, 1.82) is 0 Å². The van der Waals surface area contributed by atoms with Gasteiger partial charge < -0.3 is 25.8 Å². The maximum absolute atomic E-state index is 12.0. The molecule has 2 heterocycles. The molecule has 7 heteroatoms. The molecule has 0 bridgehead atoms. The molecule has 6 nitrogen and oxygen atoms in total. The molecule has 0 saturated carbocycles. The van der Waals surface area contributed by atoms with Crippen LogP contribution in [0.2, 0.25) is 5.02 Å². The van der Waals surface area contributed by atoms with Crippen molar-refractivity contribution >= 4 is 34.5 Å². The number of nitrogens with one attached hydrogen (secondary N) is 1. The van der Waals surface area contributed by atoms with Crippen molar-refractivity contribution < 1.29 is 14.6 Å². The summed E-state index contributed by atoms with van der Waals surface area (Å²) in [5, 5.41) is 12.8. The molecular formula is C19H18ClN3O3. The number of halogens is 1. The summed E-state index contributed by atoms with van der Waals surface area (Å²) in [6, 6.07) is 11.5. The Balaban J connectivity index is 1.70.